The Morgan fingerprint density at radius 1 is 1.10 bits per heavy atom. The summed E-state index contributed by atoms with van der Waals surface area (Å²) in [5, 5.41) is 0. The molecule has 1 saturated heterocycles. The molecule has 0 atom stereocenters. The predicted molar refractivity (Wildman–Crippen MR) is 110 cm³/mol. The Bertz CT molecular complexity index is 1050. The predicted octanol–water partition coefficient (Wildman–Crippen LogP) is 1.51. The summed E-state index contributed by atoms with van der Waals surface area (Å²) < 4.78 is 46.8. The smallest absolute Gasteiger partial charge is 0.373 e. The Kier molecular flexibility index (Phi) is 6.98. The highest BCUT2D eigenvalue weighted by atomic mass is 32.2. The van der Waals surface area contributed by atoms with Gasteiger partial charge < -0.3 is 23.5 Å². The van der Waals surface area contributed by atoms with E-state index in [4.69, 9.17) is 13.9 Å². The first-order valence-corrected chi connectivity index (χ1v) is 10.9. The Balaban J connectivity index is 1.87. The zero-order chi connectivity index (χ0) is 22.6. The molecule has 3 rings (SSSR count). The van der Waals surface area contributed by atoms with Crippen LogP contribution in [0.5, 0.6) is 0 Å². The number of benzene rings is 1. The van der Waals surface area contributed by atoms with Crippen LogP contribution in [-0.2, 0) is 30.8 Å². The normalized spacial score (nSPS) is 14.5. The standard InChI is InChI=1S/C20H24N2O8S/c1-21(2)31(25,26)15-5-6-17(22-8-10-28-11-9-22)16(12-15)19(23)29-13-14-4-7-18(30-14)20(24)27-3/h4-7,12H,8-11,13H2,1-3H3. The molecule has 0 saturated carbocycles. The minimum atomic E-state index is -3.74. The molecule has 1 aromatic carbocycles. The van der Waals surface area contributed by atoms with Crippen LogP contribution < -0.4 is 4.90 Å². The van der Waals surface area contributed by atoms with E-state index in [1.807, 2.05) is 4.90 Å². The molecule has 11 heteroatoms. The number of morpholine rings is 1. The highest BCUT2D eigenvalue weighted by Crippen LogP contribution is 2.27. The van der Waals surface area contributed by atoms with Gasteiger partial charge >= 0.3 is 11.9 Å². The van der Waals surface area contributed by atoms with Crippen molar-refractivity contribution < 1.29 is 36.6 Å². The van der Waals surface area contributed by atoms with Crippen LogP contribution in [-0.4, -0.2) is 72.2 Å². The van der Waals surface area contributed by atoms with Gasteiger partial charge in [-0.15, -0.1) is 0 Å². The Labute approximate surface area is 180 Å². The number of furan rings is 1. The molecule has 0 unspecified atom stereocenters. The van der Waals surface area contributed by atoms with Crippen LogP contribution in [0.4, 0.5) is 5.69 Å². The van der Waals surface area contributed by atoms with E-state index in [1.54, 1.807) is 6.07 Å². The fraction of sp³-hybridized carbons (Fsp3) is 0.400. The van der Waals surface area contributed by atoms with Crippen molar-refractivity contribution in [2.45, 2.75) is 11.5 Å². The molecule has 2 aromatic rings. The average Bonchev–Trinajstić information content (AvgIpc) is 3.26. The number of ether oxygens (including phenoxy) is 3. The minimum absolute atomic E-state index is 0.0124. The highest BCUT2D eigenvalue weighted by molar-refractivity contribution is 7.89. The minimum Gasteiger partial charge on any atom is -0.463 e. The van der Waals surface area contributed by atoms with Gasteiger partial charge in [-0.2, -0.15) is 0 Å². The second-order valence-electron chi connectivity index (χ2n) is 6.90. The van der Waals surface area contributed by atoms with Crippen LogP contribution in [0.3, 0.4) is 0 Å². The van der Waals surface area contributed by atoms with E-state index in [1.165, 1.54) is 45.5 Å². The van der Waals surface area contributed by atoms with E-state index in [-0.39, 0.29) is 28.6 Å². The molecule has 2 heterocycles. The Hall–Kier alpha value is -2.89. The summed E-state index contributed by atoms with van der Waals surface area (Å²) in [5.41, 5.74) is 0.672. The number of carbonyl (C=O) groups is 2. The number of anilines is 1. The topological polar surface area (TPSA) is 116 Å². The molecular formula is C20H24N2O8S. The molecule has 0 aliphatic carbocycles. The zero-order valence-corrected chi connectivity index (χ0v) is 18.3. The van der Waals surface area contributed by atoms with Crippen LogP contribution in [0.15, 0.2) is 39.6 Å². The molecule has 31 heavy (non-hydrogen) atoms. The van der Waals surface area contributed by atoms with Gasteiger partial charge in [0.05, 0.1) is 36.5 Å². The summed E-state index contributed by atoms with van der Waals surface area (Å²) >= 11 is 0. The molecule has 168 valence electrons. The molecule has 0 bridgehead atoms. The summed E-state index contributed by atoms with van der Waals surface area (Å²) in [5.74, 6) is -1.12. The van der Waals surface area contributed by atoms with Gasteiger partial charge in [0.2, 0.25) is 15.8 Å². The van der Waals surface area contributed by atoms with Gasteiger partial charge in [-0.1, -0.05) is 0 Å². The fourth-order valence-electron chi connectivity index (χ4n) is 3.01. The molecule has 0 N–H and O–H groups in total. The summed E-state index contributed by atoms with van der Waals surface area (Å²) in [6, 6.07) is 7.28. The van der Waals surface area contributed by atoms with E-state index in [2.05, 4.69) is 4.74 Å². The number of hydrogen-bond acceptors (Lipinski definition) is 9. The number of hydrogen-bond donors (Lipinski definition) is 0. The second kappa shape index (κ2) is 9.50. The van der Waals surface area contributed by atoms with Crippen LogP contribution in [0, 0.1) is 0 Å². The van der Waals surface area contributed by atoms with Gasteiger partial charge in [0.15, 0.2) is 0 Å². The maximum Gasteiger partial charge on any atom is 0.373 e. The lowest BCUT2D eigenvalue weighted by atomic mass is 10.1. The molecular weight excluding hydrogens is 428 g/mol. The quantitative estimate of drug-likeness (QED) is 0.576. The SMILES string of the molecule is COC(=O)c1ccc(COC(=O)c2cc(S(=O)(=O)N(C)C)ccc2N2CCOCC2)o1. The lowest BCUT2D eigenvalue weighted by Gasteiger charge is -2.30. The van der Waals surface area contributed by atoms with Crippen molar-refractivity contribution in [2.75, 3.05) is 52.4 Å². The average molecular weight is 452 g/mol. The van der Waals surface area contributed by atoms with Crippen molar-refractivity contribution in [1.29, 1.82) is 0 Å². The second-order valence-corrected chi connectivity index (χ2v) is 9.05. The van der Waals surface area contributed by atoms with E-state index in [0.29, 0.717) is 32.0 Å². The summed E-state index contributed by atoms with van der Waals surface area (Å²) in [4.78, 5) is 26.3. The van der Waals surface area contributed by atoms with E-state index in [0.717, 1.165) is 4.31 Å². The van der Waals surface area contributed by atoms with Gasteiger partial charge in [-0.3, -0.25) is 0 Å². The van der Waals surface area contributed by atoms with E-state index < -0.39 is 22.0 Å². The van der Waals surface area contributed by atoms with Crippen molar-refractivity contribution in [1.82, 2.24) is 4.31 Å². The third-order valence-electron chi connectivity index (χ3n) is 4.71. The number of carbonyl (C=O) groups excluding carboxylic acids is 2. The maximum atomic E-state index is 12.9. The number of sulfonamides is 1. The highest BCUT2D eigenvalue weighted by Gasteiger charge is 2.25. The zero-order valence-electron chi connectivity index (χ0n) is 17.5. The summed E-state index contributed by atoms with van der Waals surface area (Å²) in [6.07, 6.45) is 0. The molecule has 1 aliphatic heterocycles. The molecule has 0 spiro atoms. The maximum absolute atomic E-state index is 12.9. The Morgan fingerprint density at radius 2 is 1.81 bits per heavy atom. The number of nitrogens with zero attached hydrogens (tertiary/aromatic N) is 2. The molecule has 1 fully saturated rings. The summed E-state index contributed by atoms with van der Waals surface area (Å²) in [7, 11) is 0.316. The molecule has 1 aromatic heterocycles. The van der Waals surface area contributed by atoms with Gasteiger partial charge in [-0.05, 0) is 30.3 Å². The van der Waals surface area contributed by atoms with Crippen LogP contribution >= 0.6 is 0 Å². The van der Waals surface area contributed by atoms with Crippen molar-refractivity contribution in [2.24, 2.45) is 0 Å². The van der Waals surface area contributed by atoms with Gasteiger partial charge in [0, 0.05) is 27.2 Å². The third-order valence-corrected chi connectivity index (χ3v) is 6.52. The van der Waals surface area contributed by atoms with Crippen molar-refractivity contribution in [3.8, 4) is 0 Å². The fourth-order valence-corrected chi connectivity index (χ4v) is 3.94. The van der Waals surface area contributed by atoms with E-state index >= 15 is 0 Å². The van der Waals surface area contributed by atoms with E-state index in [9.17, 15) is 18.0 Å². The first kappa shape index (κ1) is 22.8. The first-order valence-electron chi connectivity index (χ1n) is 9.47. The molecule has 1 aliphatic rings. The molecule has 10 nitrogen and oxygen atoms in total. The van der Waals surface area contributed by atoms with Crippen molar-refractivity contribution in [3.63, 3.8) is 0 Å². The summed E-state index contributed by atoms with van der Waals surface area (Å²) in [6.45, 7) is 1.87. The number of methoxy groups -OCH3 is 1. The lowest BCUT2D eigenvalue weighted by Crippen LogP contribution is -2.37. The largest absolute Gasteiger partial charge is 0.463 e. The lowest BCUT2D eigenvalue weighted by molar-refractivity contribution is 0.0438. The monoisotopic (exact) mass is 452 g/mol. The molecule has 0 radical (unpaired) electrons. The van der Waals surface area contributed by atoms with Gasteiger partial charge in [-0.25, -0.2) is 22.3 Å². The van der Waals surface area contributed by atoms with Gasteiger partial charge in [0.25, 0.3) is 0 Å². The van der Waals surface area contributed by atoms with Crippen LogP contribution in [0.25, 0.3) is 0 Å². The number of esters is 2. The van der Waals surface area contributed by atoms with Crippen LogP contribution in [0.2, 0.25) is 0 Å². The Morgan fingerprint density at radius 3 is 2.45 bits per heavy atom. The molecule has 0 amide bonds. The third kappa shape index (κ3) is 5.06. The van der Waals surface area contributed by atoms with Gasteiger partial charge in [0.1, 0.15) is 12.4 Å². The van der Waals surface area contributed by atoms with Crippen LogP contribution in [0.1, 0.15) is 26.7 Å². The van der Waals surface area contributed by atoms with Crippen molar-refractivity contribution in [3.05, 3.63) is 47.4 Å². The number of rotatable bonds is 7. The first-order chi connectivity index (χ1) is 14.7. The van der Waals surface area contributed by atoms with Crippen molar-refractivity contribution >= 4 is 27.6 Å².